The highest BCUT2D eigenvalue weighted by atomic mass is 35.5. The third-order valence-electron chi connectivity index (χ3n) is 3.48. The first-order valence-electron chi connectivity index (χ1n) is 6.60. The van der Waals surface area contributed by atoms with Crippen molar-refractivity contribution in [2.24, 2.45) is 11.1 Å². The van der Waals surface area contributed by atoms with Gasteiger partial charge in [-0.05, 0) is 39.0 Å². The van der Waals surface area contributed by atoms with E-state index in [4.69, 9.17) is 22.6 Å². The van der Waals surface area contributed by atoms with Gasteiger partial charge in [-0.3, -0.25) is 4.79 Å². The largest absolute Gasteiger partial charge is 0.369 e. The molecule has 0 aliphatic rings. The highest BCUT2D eigenvalue weighted by Crippen LogP contribution is 2.29. The number of primary amides is 1. The first kappa shape index (κ1) is 15.3. The van der Waals surface area contributed by atoms with E-state index >= 15 is 0 Å². The Labute approximate surface area is 128 Å². The summed E-state index contributed by atoms with van der Waals surface area (Å²) in [6, 6.07) is 7.35. The van der Waals surface area contributed by atoms with E-state index in [1.54, 1.807) is 32.0 Å². The molecule has 110 valence electrons. The molecule has 0 saturated carbocycles. The topological polar surface area (TPSA) is 84.7 Å². The Morgan fingerprint density at radius 2 is 2.24 bits per heavy atom. The number of nitrogens with zero attached hydrogens (tertiary/aromatic N) is 3. The van der Waals surface area contributed by atoms with Gasteiger partial charge < -0.3 is 10.3 Å². The van der Waals surface area contributed by atoms with Crippen molar-refractivity contribution in [3.63, 3.8) is 0 Å². The van der Waals surface area contributed by atoms with E-state index in [2.05, 4.69) is 11.1 Å². The van der Waals surface area contributed by atoms with Gasteiger partial charge in [0.15, 0.2) is 0 Å². The molecular formula is C15H17ClN4O. The number of hydrogen-bond acceptors (Lipinski definition) is 3. The number of carbonyl (C=O) groups excluding carboxylic acids is 1. The molecular weight excluding hydrogens is 288 g/mol. The number of hydrogen-bond donors (Lipinski definition) is 1. The molecule has 0 saturated heterocycles. The lowest BCUT2D eigenvalue weighted by molar-refractivity contribution is -0.126. The van der Waals surface area contributed by atoms with E-state index < -0.39 is 11.3 Å². The molecule has 0 fully saturated rings. The van der Waals surface area contributed by atoms with Crippen LogP contribution in [0.5, 0.6) is 0 Å². The number of carbonyl (C=O) groups is 1. The molecule has 21 heavy (non-hydrogen) atoms. The van der Waals surface area contributed by atoms with Gasteiger partial charge in [0.05, 0.1) is 33.5 Å². The maximum absolute atomic E-state index is 11.6. The van der Waals surface area contributed by atoms with Crippen molar-refractivity contribution in [2.45, 2.75) is 32.7 Å². The van der Waals surface area contributed by atoms with Gasteiger partial charge in [-0.15, -0.1) is 11.6 Å². The quantitative estimate of drug-likeness (QED) is 0.881. The molecule has 1 aromatic heterocycles. The summed E-state index contributed by atoms with van der Waals surface area (Å²) in [7, 11) is 0. The van der Waals surface area contributed by atoms with Crippen LogP contribution in [0, 0.1) is 16.7 Å². The molecule has 2 rings (SSSR count). The molecule has 1 amide bonds. The molecule has 5 nitrogen and oxygen atoms in total. The minimum absolute atomic E-state index is 0.313. The van der Waals surface area contributed by atoms with Crippen LogP contribution in [-0.4, -0.2) is 15.5 Å². The summed E-state index contributed by atoms with van der Waals surface area (Å²) in [4.78, 5) is 16.1. The summed E-state index contributed by atoms with van der Waals surface area (Å²) in [6.07, 6.45) is 0. The van der Waals surface area contributed by atoms with E-state index in [-0.39, 0.29) is 5.38 Å². The number of nitriles is 1. The molecule has 0 aliphatic carbocycles. The van der Waals surface area contributed by atoms with Gasteiger partial charge in [0, 0.05) is 6.54 Å². The van der Waals surface area contributed by atoms with Crippen molar-refractivity contribution in [1.82, 2.24) is 9.55 Å². The molecule has 1 aromatic carbocycles. The number of rotatable bonds is 4. The van der Waals surface area contributed by atoms with Gasteiger partial charge in [-0.25, -0.2) is 4.98 Å². The first-order chi connectivity index (χ1) is 9.76. The normalized spacial score (nSPS) is 13.1. The van der Waals surface area contributed by atoms with Crippen molar-refractivity contribution >= 4 is 28.5 Å². The zero-order valence-electron chi connectivity index (χ0n) is 12.2. The standard InChI is InChI=1S/C15H17ClN4O/c1-9(16)13-19-11-5-4-10(7-17)6-12(11)20(13)8-15(2,3)14(18)21/h4-6,9H,8H2,1-3H3,(H2,18,21). The minimum atomic E-state index is -0.739. The average molecular weight is 305 g/mol. The van der Waals surface area contributed by atoms with Crippen LogP contribution >= 0.6 is 11.6 Å². The van der Waals surface area contributed by atoms with Crippen molar-refractivity contribution in [3.8, 4) is 6.07 Å². The number of imidazole rings is 1. The fourth-order valence-corrected chi connectivity index (χ4v) is 2.32. The Hall–Kier alpha value is -2.06. The molecule has 0 bridgehead atoms. The van der Waals surface area contributed by atoms with Crippen LogP contribution in [0.25, 0.3) is 11.0 Å². The predicted octanol–water partition coefficient (Wildman–Crippen LogP) is 2.72. The van der Waals surface area contributed by atoms with Crippen LogP contribution in [0.1, 0.15) is 37.5 Å². The highest BCUT2D eigenvalue weighted by molar-refractivity contribution is 6.20. The van der Waals surface area contributed by atoms with E-state index in [1.807, 2.05) is 11.5 Å². The van der Waals surface area contributed by atoms with Crippen LogP contribution in [-0.2, 0) is 11.3 Å². The molecule has 2 aromatic rings. The second-order valence-corrected chi connectivity index (χ2v) is 6.39. The molecule has 2 N–H and O–H groups in total. The third-order valence-corrected chi connectivity index (χ3v) is 3.68. The summed E-state index contributed by atoms with van der Waals surface area (Å²) in [6.45, 7) is 5.73. The number of halogens is 1. The highest BCUT2D eigenvalue weighted by Gasteiger charge is 2.28. The lowest BCUT2D eigenvalue weighted by Crippen LogP contribution is -2.35. The second kappa shape index (κ2) is 5.38. The van der Waals surface area contributed by atoms with Crippen LogP contribution in [0.15, 0.2) is 18.2 Å². The van der Waals surface area contributed by atoms with E-state index in [0.717, 1.165) is 11.0 Å². The second-order valence-electron chi connectivity index (χ2n) is 5.74. The van der Waals surface area contributed by atoms with Gasteiger partial charge >= 0.3 is 0 Å². The van der Waals surface area contributed by atoms with Crippen LogP contribution in [0.2, 0.25) is 0 Å². The third kappa shape index (κ3) is 2.86. The van der Waals surface area contributed by atoms with Crippen molar-refractivity contribution < 1.29 is 4.79 Å². The number of aromatic nitrogens is 2. The fourth-order valence-electron chi connectivity index (χ4n) is 2.15. The lowest BCUT2D eigenvalue weighted by Gasteiger charge is -2.23. The molecule has 0 spiro atoms. The fraction of sp³-hybridized carbons (Fsp3) is 0.400. The van der Waals surface area contributed by atoms with E-state index in [1.165, 1.54) is 0 Å². The molecule has 6 heteroatoms. The van der Waals surface area contributed by atoms with Crippen molar-refractivity contribution in [1.29, 1.82) is 5.26 Å². The minimum Gasteiger partial charge on any atom is -0.369 e. The van der Waals surface area contributed by atoms with E-state index in [9.17, 15) is 4.79 Å². The SMILES string of the molecule is CC(Cl)c1nc2ccc(C#N)cc2n1CC(C)(C)C(N)=O. The van der Waals surface area contributed by atoms with Gasteiger partial charge in [0.2, 0.25) is 5.91 Å². The molecule has 1 unspecified atom stereocenters. The summed E-state index contributed by atoms with van der Waals surface area (Å²) < 4.78 is 1.87. The summed E-state index contributed by atoms with van der Waals surface area (Å²) >= 11 is 6.20. The Balaban J connectivity index is 2.66. The zero-order valence-corrected chi connectivity index (χ0v) is 13.0. The van der Waals surface area contributed by atoms with Crippen LogP contribution in [0.3, 0.4) is 0 Å². The van der Waals surface area contributed by atoms with Crippen LogP contribution in [0.4, 0.5) is 0 Å². The number of alkyl halides is 1. The number of amides is 1. The smallest absolute Gasteiger partial charge is 0.224 e. The Bertz CT molecular complexity index is 740. The van der Waals surface area contributed by atoms with Gasteiger partial charge in [-0.2, -0.15) is 5.26 Å². The van der Waals surface area contributed by atoms with Crippen molar-refractivity contribution in [2.75, 3.05) is 0 Å². The number of benzene rings is 1. The predicted molar refractivity (Wildman–Crippen MR) is 81.7 cm³/mol. The monoisotopic (exact) mass is 304 g/mol. The molecule has 0 aliphatic heterocycles. The maximum atomic E-state index is 11.6. The first-order valence-corrected chi connectivity index (χ1v) is 7.04. The summed E-state index contributed by atoms with van der Waals surface area (Å²) in [5.41, 5.74) is 6.78. The Morgan fingerprint density at radius 3 is 2.76 bits per heavy atom. The molecule has 1 heterocycles. The number of fused-ring (bicyclic) bond motifs is 1. The average Bonchev–Trinajstić information content (AvgIpc) is 2.76. The van der Waals surface area contributed by atoms with Gasteiger partial charge in [0.1, 0.15) is 5.82 Å². The summed E-state index contributed by atoms with van der Waals surface area (Å²) in [5, 5.41) is 8.73. The molecule has 0 radical (unpaired) electrons. The van der Waals surface area contributed by atoms with E-state index in [0.29, 0.717) is 17.9 Å². The zero-order chi connectivity index (χ0) is 15.8. The lowest BCUT2D eigenvalue weighted by atomic mass is 9.92. The Kier molecular flexibility index (Phi) is 3.93. The number of nitrogens with two attached hydrogens (primary N) is 1. The van der Waals surface area contributed by atoms with Gasteiger partial charge in [-0.1, -0.05) is 0 Å². The maximum Gasteiger partial charge on any atom is 0.224 e. The van der Waals surface area contributed by atoms with Crippen molar-refractivity contribution in [3.05, 3.63) is 29.6 Å². The van der Waals surface area contributed by atoms with Crippen LogP contribution < -0.4 is 5.73 Å². The van der Waals surface area contributed by atoms with Gasteiger partial charge in [0.25, 0.3) is 0 Å². The molecule has 1 atom stereocenters. The summed E-state index contributed by atoms with van der Waals surface area (Å²) in [5.74, 6) is 0.269. The Morgan fingerprint density at radius 1 is 1.57 bits per heavy atom.